The van der Waals surface area contributed by atoms with Crippen molar-refractivity contribution in [3.63, 3.8) is 0 Å². The Morgan fingerprint density at radius 3 is 2.67 bits per heavy atom. The summed E-state index contributed by atoms with van der Waals surface area (Å²) in [6, 6.07) is 0. The van der Waals surface area contributed by atoms with Crippen LogP contribution in [-0.2, 0) is 16.1 Å². The summed E-state index contributed by atoms with van der Waals surface area (Å²) in [5, 5.41) is 5.89. The number of carbonyl (C=O) groups is 3. The van der Waals surface area contributed by atoms with E-state index in [1.807, 2.05) is 0 Å². The van der Waals surface area contributed by atoms with Crippen LogP contribution in [-0.4, -0.2) is 39.8 Å². The van der Waals surface area contributed by atoms with Crippen LogP contribution in [0.15, 0.2) is 4.52 Å². The number of hydrogen-bond donors (Lipinski definition) is 1. The number of nitrogens with one attached hydrogen (secondary N) is 1. The highest BCUT2D eigenvalue weighted by molar-refractivity contribution is 5.97. The topological polar surface area (TPSA) is 105 Å². The van der Waals surface area contributed by atoms with Crippen LogP contribution >= 0.6 is 0 Å². The van der Waals surface area contributed by atoms with Crippen molar-refractivity contribution in [1.82, 2.24) is 20.4 Å². The molecule has 1 aliphatic rings. The molecule has 0 saturated carbocycles. The molecule has 96 valence electrons. The van der Waals surface area contributed by atoms with Crippen molar-refractivity contribution in [2.45, 2.75) is 25.8 Å². The lowest BCUT2D eigenvalue weighted by Crippen LogP contribution is -2.39. The van der Waals surface area contributed by atoms with E-state index in [1.54, 1.807) is 0 Å². The molecule has 1 aromatic rings. The van der Waals surface area contributed by atoms with E-state index >= 15 is 0 Å². The van der Waals surface area contributed by atoms with Gasteiger partial charge in [0.05, 0.1) is 6.54 Å². The van der Waals surface area contributed by atoms with Crippen molar-refractivity contribution < 1.29 is 18.9 Å². The molecule has 3 amide bonds. The van der Waals surface area contributed by atoms with Crippen molar-refractivity contribution in [2.75, 3.05) is 7.05 Å². The molecule has 2 heterocycles. The summed E-state index contributed by atoms with van der Waals surface area (Å²) in [5.41, 5.74) is 0. The van der Waals surface area contributed by atoms with Gasteiger partial charge in [-0.1, -0.05) is 5.16 Å². The Balaban J connectivity index is 2.09. The molecule has 1 saturated heterocycles. The van der Waals surface area contributed by atoms with Gasteiger partial charge in [0.1, 0.15) is 0 Å². The summed E-state index contributed by atoms with van der Waals surface area (Å²) >= 11 is 0. The summed E-state index contributed by atoms with van der Waals surface area (Å²) in [6.45, 7) is -0.0574. The standard InChI is InChI=1S/C10H12N4O4/c1-11-9(17)10-12-6(13-18-10)5-14-7(15)3-2-4-8(14)16/h2-5H2,1H3,(H,11,17). The molecule has 1 fully saturated rings. The fourth-order valence-corrected chi connectivity index (χ4v) is 1.63. The Kier molecular flexibility index (Phi) is 3.35. The van der Waals surface area contributed by atoms with E-state index in [9.17, 15) is 14.4 Å². The number of amides is 3. The minimum Gasteiger partial charge on any atom is -0.351 e. The average molecular weight is 252 g/mol. The maximum absolute atomic E-state index is 11.5. The normalized spacial score (nSPS) is 15.9. The van der Waals surface area contributed by atoms with Gasteiger partial charge in [-0.3, -0.25) is 19.3 Å². The van der Waals surface area contributed by atoms with E-state index in [2.05, 4.69) is 15.5 Å². The van der Waals surface area contributed by atoms with Gasteiger partial charge in [-0.25, -0.2) is 0 Å². The van der Waals surface area contributed by atoms with Gasteiger partial charge < -0.3 is 9.84 Å². The molecule has 0 atom stereocenters. The zero-order valence-electron chi connectivity index (χ0n) is 9.80. The van der Waals surface area contributed by atoms with E-state index in [4.69, 9.17) is 4.52 Å². The molecular formula is C10H12N4O4. The van der Waals surface area contributed by atoms with Crippen LogP contribution in [0.3, 0.4) is 0 Å². The third-order valence-corrected chi connectivity index (χ3v) is 2.57. The highest BCUT2D eigenvalue weighted by Gasteiger charge is 2.27. The van der Waals surface area contributed by atoms with Crippen LogP contribution in [0.25, 0.3) is 0 Å². The summed E-state index contributed by atoms with van der Waals surface area (Å²) in [7, 11) is 1.43. The fourth-order valence-electron chi connectivity index (χ4n) is 1.63. The second-order valence-electron chi connectivity index (χ2n) is 3.82. The van der Waals surface area contributed by atoms with Crippen molar-refractivity contribution in [3.8, 4) is 0 Å². The number of imide groups is 1. The van der Waals surface area contributed by atoms with Crippen molar-refractivity contribution in [2.24, 2.45) is 0 Å². The molecule has 1 N–H and O–H groups in total. The smallest absolute Gasteiger partial charge is 0.315 e. The molecule has 2 rings (SSSR count). The van der Waals surface area contributed by atoms with Gasteiger partial charge in [0.25, 0.3) is 0 Å². The number of piperidine rings is 1. The fraction of sp³-hybridized carbons (Fsp3) is 0.500. The van der Waals surface area contributed by atoms with Gasteiger partial charge in [-0.2, -0.15) is 4.98 Å². The van der Waals surface area contributed by atoms with Crippen LogP contribution in [0.2, 0.25) is 0 Å². The molecule has 0 aromatic carbocycles. The van der Waals surface area contributed by atoms with Gasteiger partial charge in [0, 0.05) is 19.9 Å². The third kappa shape index (κ3) is 2.36. The van der Waals surface area contributed by atoms with Crippen molar-refractivity contribution in [1.29, 1.82) is 0 Å². The van der Waals surface area contributed by atoms with Crippen LogP contribution in [0.1, 0.15) is 35.8 Å². The summed E-state index contributed by atoms with van der Waals surface area (Å²) in [4.78, 5) is 39.2. The highest BCUT2D eigenvalue weighted by atomic mass is 16.5. The Bertz CT molecular complexity index is 480. The predicted octanol–water partition coefficient (Wildman–Crippen LogP) is -0.532. The average Bonchev–Trinajstić information content (AvgIpc) is 2.81. The molecule has 0 spiro atoms. The molecular weight excluding hydrogens is 240 g/mol. The molecule has 18 heavy (non-hydrogen) atoms. The Morgan fingerprint density at radius 2 is 2.06 bits per heavy atom. The van der Waals surface area contributed by atoms with Crippen molar-refractivity contribution in [3.05, 3.63) is 11.7 Å². The largest absolute Gasteiger partial charge is 0.351 e. The predicted molar refractivity (Wildman–Crippen MR) is 57.1 cm³/mol. The highest BCUT2D eigenvalue weighted by Crippen LogP contribution is 2.14. The molecule has 8 nitrogen and oxygen atoms in total. The van der Waals surface area contributed by atoms with Gasteiger partial charge >= 0.3 is 11.8 Å². The molecule has 0 bridgehead atoms. The second-order valence-corrected chi connectivity index (χ2v) is 3.82. The van der Waals surface area contributed by atoms with Gasteiger partial charge in [0.2, 0.25) is 11.8 Å². The minimum atomic E-state index is -0.509. The monoisotopic (exact) mass is 252 g/mol. The number of likely N-dealkylation sites (tertiary alicyclic amines) is 1. The Hall–Kier alpha value is -2.25. The quantitative estimate of drug-likeness (QED) is 0.725. The molecule has 1 aliphatic heterocycles. The lowest BCUT2D eigenvalue weighted by Gasteiger charge is -2.23. The zero-order chi connectivity index (χ0) is 13.1. The first-order valence-electron chi connectivity index (χ1n) is 5.49. The van der Waals surface area contributed by atoms with E-state index in [-0.39, 0.29) is 30.1 Å². The van der Waals surface area contributed by atoms with Gasteiger partial charge in [0.15, 0.2) is 5.82 Å². The van der Waals surface area contributed by atoms with E-state index in [0.717, 1.165) is 4.90 Å². The van der Waals surface area contributed by atoms with Gasteiger partial charge in [-0.05, 0) is 6.42 Å². The summed E-state index contributed by atoms with van der Waals surface area (Å²) in [6.07, 6.45) is 1.25. The number of nitrogens with zero attached hydrogens (tertiary/aromatic N) is 3. The van der Waals surface area contributed by atoms with E-state index in [1.165, 1.54) is 7.05 Å². The lowest BCUT2D eigenvalue weighted by molar-refractivity contribution is -0.148. The third-order valence-electron chi connectivity index (χ3n) is 2.57. The van der Waals surface area contributed by atoms with Crippen LogP contribution < -0.4 is 5.32 Å². The minimum absolute atomic E-state index is 0.0574. The summed E-state index contributed by atoms with van der Waals surface area (Å²) in [5.74, 6) is -1.07. The first-order chi connectivity index (χ1) is 8.61. The van der Waals surface area contributed by atoms with Crippen molar-refractivity contribution >= 4 is 17.7 Å². The van der Waals surface area contributed by atoms with E-state index < -0.39 is 5.91 Å². The number of rotatable bonds is 3. The zero-order valence-corrected chi connectivity index (χ0v) is 9.80. The number of aromatic nitrogens is 2. The molecule has 0 radical (unpaired) electrons. The Labute approximate surface area is 102 Å². The summed E-state index contributed by atoms with van der Waals surface area (Å²) < 4.78 is 4.71. The van der Waals surface area contributed by atoms with E-state index in [0.29, 0.717) is 19.3 Å². The van der Waals surface area contributed by atoms with Crippen LogP contribution in [0, 0.1) is 0 Å². The SMILES string of the molecule is CNC(=O)c1nc(CN2C(=O)CCCC2=O)no1. The van der Waals surface area contributed by atoms with Gasteiger partial charge in [-0.15, -0.1) is 0 Å². The molecule has 8 heteroatoms. The Morgan fingerprint density at radius 1 is 1.39 bits per heavy atom. The lowest BCUT2D eigenvalue weighted by atomic mass is 10.1. The molecule has 0 unspecified atom stereocenters. The number of carbonyl (C=O) groups excluding carboxylic acids is 3. The maximum atomic E-state index is 11.5. The van der Waals surface area contributed by atoms with Crippen LogP contribution in [0.4, 0.5) is 0 Å². The second kappa shape index (κ2) is 4.94. The molecule has 0 aliphatic carbocycles. The number of hydrogen-bond acceptors (Lipinski definition) is 6. The first-order valence-corrected chi connectivity index (χ1v) is 5.49. The first kappa shape index (κ1) is 12.2. The maximum Gasteiger partial charge on any atom is 0.315 e. The molecule has 1 aromatic heterocycles. The van der Waals surface area contributed by atoms with Crippen LogP contribution in [0.5, 0.6) is 0 Å².